The lowest BCUT2D eigenvalue weighted by atomic mass is 10.0. The largest absolute Gasteiger partial charge is 0.356 e. The van der Waals surface area contributed by atoms with Crippen LogP contribution in [0, 0.1) is 5.92 Å². The molecule has 1 aromatic heterocycles. The van der Waals surface area contributed by atoms with Gasteiger partial charge >= 0.3 is 0 Å². The van der Waals surface area contributed by atoms with Gasteiger partial charge in [0, 0.05) is 18.5 Å². The second-order valence-corrected chi connectivity index (χ2v) is 5.09. The zero-order valence-corrected chi connectivity index (χ0v) is 9.24. The van der Waals surface area contributed by atoms with E-state index in [2.05, 4.69) is 16.8 Å². The number of piperidine rings is 1. The summed E-state index contributed by atoms with van der Waals surface area (Å²) in [5.74, 6) is 1.84. The van der Waals surface area contributed by atoms with E-state index in [0.717, 1.165) is 24.8 Å². The molecule has 1 fully saturated rings. The zero-order chi connectivity index (χ0) is 9.26. The average Bonchev–Trinajstić information content (AvgIpc) is 2.52. The summed E-state index contributed by atoms with van der Waals surface area (Å²) in [6.45, 7) is 4.55. The lowest BCUT2D eigenvalue weighted by Gasteiger charge is -2.30. The van der Waals surface area contributed by atoms with Crippen molar-refractivity contribution in [3.05, 3.63) is 9.85 Å². The Morgan fingerprint density at radius 1 is 1.69 bits per heavy atom. The summed E-state index contributed by atoms with van der Waals surface area (Å²) < 4.78 is 0.647. The third kappa shape index (κ3) is 2.15. The minimum atomic E-state index is 0.647. The molecule has 0 aliphatic carbocycles. The fourth-order valence-corrected chi connectivity index (χ4v) is 2.56. The third-order valence-electron chi connectivity index (χ3n) is 2.45. The molecule has 2 nitrogen and oxygen atoms in total. The predicted molar refractivity (Wildman–Crippen MR) is 57.7 cm³/mol. The number of halogens is 1. The predicted octanol–water partition coefficient (Wildman–Crippen LogP) is 3.03. The molecule has 0 amide bonds. The van der Waals surface area contributed by atoms with Gasteiger partial charge in [-0.25, -0.2) is 4.98 Å². The number of anilines is 1. The van der Waals surface area contributed by atoms with Crippen LogP contribution >= 0.6 is 22.9 Å². The maximum atomic E-state index is 5.80. The third-order valence-corrected chi connectivity index (χ3v) is 3.41. The Morgan fingerprint density at radius 3 is 3.15 bits per heavy atom. The van der Waals surface area contributed by atoms with E-state index in [1.54, 1.807) is 0 Å². The van der Waals surface area contributed by atoms with Gasteiger partial charge in [0.2, 0.25) is 0 Å². The van der Waals surface area contributed by atoms with Crippen LogP contribution in [0.15, 0.2) is 5.38 Å². The molecular weight excluding hydrogens is 204 g/mol. The van der Waals surface area contributed by atoms with Crippen LogP contribution in [0.4, 0.5) is 5.82 Å². The van der Waals surface area contributed by atoms with Gasteiger partial charge in [0.1, 0.15) is 5.82 Å². The highest BCUT2D eigenvalue weighted by molar-refractivity contribution is 7.14. The molecule has 0 saturated carbocycles. The molecular formula is C9H13ClN2S. The first-order chi connectivity index (χ1) is 6.25. The Morgan fingerprint density at radius 2 is 2.54 bits per heavy atom. The summed E-state index contributed by atoms with van der Waals surface area (Å²) in [6.07, 6.45) is 2.62. The summed E-state index contributed by atoms with van der Waals surface area (Å²) in [5.41, 5.74) is 0. The lowest BCUT2D eigenvalue weighted by molar-refractivity contribution is 0.445. The molecule has 0 aromatic carbocycles. The first-order valence-electron chi connectivity index (χ1n) is 4.61. The minimum absolute atomic E-state index is 0.647. The Bertz CT molecular complexity index is 287. The molecule has 1 aliphatic heterocycles. The highest BCUT2D eigenvalue weighted by atomic mass is 35.5. The highest BCUT2D eigenvalue weighted by Gasteiger charge is 2.18. The van der Waals surface area contributed by atoms with Crippen LogP contribution < -0.4 is 4.90 Å². The number of hydrogen-bond acceptors (Lipinski definition) is 3. The summed E-state index contributed by atoms with van der Waals surface area (Å²) >= 11 is 7.31. The number of aromatic nitrogens is 1. The van der Waals surface area contributed by atoms with E-state index in [0.29, 0.717) is 4.47 Å². The quantitative estimate of drug-likeness (QED) is 0.718. The van der Waals surface area contributed by atoms with Crippen molar-refractivity contribution in [2.75, 3.05) is 18.0 Å². The topological polar surface area (TPSA) is 16.1 Å². The van der Waals surface area contributed by atoms with Gasteiger partial charge in [0.15, 0.2) is 4.47 Å². The van der Waals surface area contributed by atoms with Gasteiger partial charge in [-0.1, -0.05) is 18.5 Å². The molecule has 2 heterocycles. The van der Waals surface area contributed by atoms with Crippen LogP contribution in [-0.4, -0.2) is 18.1 Å². The zero-order valence-electron chi connectivity index (χ0n) is 7.66. The van der Waals surface area contributed by atoms with Crippen molar-refractivity contribution < 1.29 is 0 Å². The smallest absolute Gasteiger partial charge is 0.185 e. The van der Waals surface area contributed by atoms with Gasteiger partial charge in [0.25, 0.3) is 0 Å². The van der Waals surface area contributed by atoms with E-state index in [1.807, 2.05) is 5.38 Å². The molecule has 0 bridgehead atoms. The molecule has 1 aliphatic rings. The van der Waals surface area contributed by atoms with Gasteiger partial charge < -0.3 is 4.90 Å². The summed E-state index contributed by atoms with van der Waals surface area (Å²) in [7, 11) is 0. The SMILES string of the molecule is CC1CCCN(c2csc(Cl)n2)C1. The van der Waals surface area contributed by atoms with Crippen molar-refractivity contribution in [3.63, 3.8) is 0 Å². The molecule has 72 valence electrons. The molecule has 1 aromatic rings. The van der Waals surface area contributed by atoms with Gasteiger partial charge in [0.05, 0.1) is 0 Å². The number of nitrogens with zero attached hydrogens (tertiary/aromatic N) is 2. The van der Waals surface area contributed by atoms with Crippen molar-refractivity contribution in [3.8, 4) is 0 Å². The first kappa shape index (κ1) is 9.28. The fourth-order valence-electron chi connectivity index (χ4n) is 1.79. The Balaban J connectivity index is 2.08. The van der Waals surface area contributed by atoms with E-state index in [9.17, 15) is 0 Å². The standard InChI is InChI=1S/C9H13ClN2S/c1-7-3-2-4-12(5-7)8-6-13-9(10)11-8/h6-7H,2-5H2,1H3. The van der Waals surface area contributed by atoms with Crippen LogP contribution in [-0.2, 0) is 0 Å². The van der Waals surface area contributed by atoms with Crippen molar-refractivity contribution in [1.29, 1.82) is 0 Å². The molecule has 13 heavy (non-hydrogen) atoms. The minimum Gasteiger partial charge on any atom is -0.356 e. The molecule has 1 atom stereocenters. The highest BCUT2D eigenvalue weighted by Crippen LogP contribution is 2.26. The Kier molecular flexibility index (Phi) is 2.74. The summed E-state index contributed by atoms with van der Waals surface area (Å²) in [5, 5.41) is 2.04. The molecule has 0 radical (unpaired) electrons. The van der Waals surface area contributed by atoms with Crippen LogP contribution in [0.25, 0.3) is 0 Å². The fraction of sp³-hybridized carbons (Fsp3) is 0.667. The number of rotatable bonds is 1. The second kappa shape index (κ2) is 3.84. The van der Waals surface area contributed by atoms with Crippen molar-refractivity contribution in [2.45, 2.75) is 19.8 Å². The lowest BCUT2D eigenvalue weighted by Crippen LogP contribution is -2.34. The molecule has 2 rings (SSSR count). The van der Waals surface area contributed by atoms with Gasteiger partial charge in [-0.05, 0) is 18.8 Å². The number of hydrogen-bond donors (Lipinski definition) is 0. The van der Waals surface area contributed by atoms with Crippen LogP contribution in [0.3, 0.4) is 0 Å². The molecule has 1 saturated heterocycles. The van der Waals surface area contributed by atoms with E-state index >= 15 is 0 Å². The summed E-state index contributed by atoms with van der Waals surface area (Å²) in [4.78, 5) is 6.61. The van der Waals surface area contributed by atoms with Crippen LogP contribution in [0.5, 0.6) is 0 Å². The maximum absolute atomic E-state index is 5.80. The molecule has 1 unspecified atom stereocenters. The van der Waals surface area contributed by atoms with E-state index < -0.39 is 0 Å². The maximum Gasteiger partial charge on any atom is 0.185 e. The second-order valence-electron chi connectivity index (χ2n) is 3.65. The molecule has 0 N–H and O–H groups in total. The van der Waals surface area contributed by atoms with Gasteiger partial charge in [-0.15, -0.1) is 11.3 Å². The van der Waals surface area contributed by atoms with Crippen LogP contribution in [0.2, 0.25) is 4.47 Å². The van der Waals surface area contributed by atoms with E-state index in [4.69, 9.17) is 11.6 Å². The van der Waals surface area contributed by atoms with Crippen LogP contribution in [0.1, 0.15) is 19.8 Å². The first-order valence-corrected chi connectivity index (χ1v) is 5.87. The monoisotopic (exact) mass is 216 g/mol. The van der Waals surface area contributed by atoms with Crippen molar-refractivity contribution in [1.82, 2.24) is 4.98 Å². The van der Waals surface area contributed by atoms with Crippen molar-refractivity contribution >= 4 is 28.8 Å². The van der Waals surface area contributed by atoms with E-state index in [1.165, 1.54) is 24.2 Å². The van der Waals surface area contributed by atoms with Gasteiger partial charge in [-0.3, -0.25) is 0 Å². The Labute approximate surface area is 87.5 Å². The number of thiazole rings is 1. The van der Waals surface area contributed by atoms with Gasteiger partial charge in [-0.2, -0.15) is 0 Å². The molecule has 4 heteroatoms. The van der Waals surface area contributed by atoms with E-state index in [-0.39, 0.29) is 0 Å². The van der Waals surface area contributed by atoms with Crippen molar-refractivity contribution in [2.24, 2.45) is 5.92 Å². The normalized spacial score (nSPS) is 23.5. The average molecular weight is 217 g/mol. The Hall–Kier alpha value is -0.280. The molecule has 0 spiro atoms. The summed E-state index contributed by atoms with van der Waals surface area (Å²) in [6, 6.07) is 0.